The third kappa shape index (κ3) is 3.06. The number of hydrogen-bond acceptors (Lipinski definition) is 3. The number of aliphatic hydroxyl groups is 1. The van der Waals surface area contributed by atoms with E-state index in [2.05, 4.69) is 11.8 Å². The number of nitrogens with zero attached hydrogens (tertiary/aromatic N) is 1. The van der Waals surface area contributed by atoms with Crippen LogP contribution in [0.2, 0.25) is 0 Å². The minimum atomic E-state index is -0.558. The molecular weight excluding hydrogens is 224 g/mol. The molecule has 0 aromatic heterocycles. The summed E-state index contributed by atoms with van der Waals surface area (Å²) < 4.78 is 0. The lowest BCUT2D eigenvalue weighted by Gasteiger charge is -2.37. The monoisotopic (exact) mass is 254 g/mol. The van der Waals surface area contributed by atoms with Gasteiger partial charge in [0.2, 0.25) is 0 Å². The van der Waals surface area contributed by atoms with Gasteiger partial charge in [-0.3, -0.25) is 0 Å². The van der Waals surface area contributed by atoms with E-state index in [9.17, 15) is 5.11 Å². The maximum Gasteiger partial charge on any atom is 0.0797 e. The van der Waals surface area contributed by atoms with E-state index in [0.29, 0.717) is 12.5 Å². The summed E-state index contributed by atoms with van der Waals surface area (Å²) in [7, 11) is 0. The van der Waals surface area contributed by atoms with Crippen LogP contribution in [-0.4, -0.2) is 41.3 Å². The van der Waals surface area contributed by atoms with Crippen LogP contribution in [0.5, 0.6) is 0 Å². The Morgan fingerprint density at radius 1 is 1.28 bits per heavy atom. The van der Waals surface area contributed by atoms with E-state index in [0.717, 1.165) is 31.8 Å². The maximum absolute atomic E-state index is 10.5. The Morgan fingerprint density at radius 3 is 2.83 bits per heavy atom. The molecule has 3 nitrogen and oxygen atoms in total. The topological polar surface area (TPSA) is 49.5 Å². The lowest BCUT2D eigenvalue weighted by atomic mass is 9.87. The summed E-state index contributed by atoms with van der Waals surface area (Å²) in [5, 5.41) is 10.5. The molecule has 106 valence electrons. The molecule has 18 heavy (non-hydrogen) atoms. The van der Waals surface area contributed by atoms with Gasteiger partial charge in [-0.2, -0.15) is 0 Å². The molecule has 3 heteroatoms. The van der Waals surface area contributed by atoms with Gasteiger partial charge in [0, 0.05) is 12.6 Å². The van der Waals surface area contributed by atoms with Crippen LogP contribution >= 0.6 is 0 Å². The number of piperidine rings is 1. The first kappa shape index (κ1) is 14.3. The summed E-state index contributed by atoms with van der Waals surface area (Å²) in [6.07, 6.45) is 9.73. The predicted molar refractivity (Wildman–Crippen MR) is 75.5 cm³/mol. The highest BCUT2D eigenvalue weighted by Crippen LogP contribution is 2.37. The zero-order valence-corrected chi connectivity index (χ0v) is 11.9. The summed E-state index contributed by atoms with van der Waals surface area (Å²) in [6, 6.07) is 0.783. The molecule has 0 bridgehead atoms. The molecule has 2 fully saturated rings. The minimum absolute atomic E-state index is 0.432. The van der Waals surface area contributed by atoms with E-state index in [-0.39, 0.29) is 0 Å². The molecular formula is C15H30N2O. The van der Waals surface area contributed by atoms with Gasteiger partial charge in [-0.25, -0.2) is 0 Å². The van der Waals surface area contributed by atoms with Crippen LogP contribution in [0.4, 0.5) is 0 Å². The van der Waals surface area contributed by atoms with Crippen molar-refractivity contribution in [2.24, 2.45) is 11.7 Å². The third-order valence-electron chi connectivity index (χ3n) is 5.26. The largest absolute Gasteiger partial charge is 0.388 e. The maximum atomic E-state index is 10.5. The fourth-order valence-corrected chi connectivity index (χ4v) is 3.95. The first-order valence-corrected chi connectivity index (χ1v) is 7.86. The Morgan fingerprint density at radius 2 is 2.11 bits per heavy atom. The SMILES string of the molecule is CCC1CCCCN1CCC1CCCC1(O)CN. The highest BCUT2D eigenvalue weighted by molar-refractivity contribution is 4.93. The van der Waals surface area contributed by atoms with Crippen molar-refractivity contribution < 1.29 is 5.11 Å². The van der Waals surface area contributed by atoms with Crippen LogP contribution in [0.3, 0.4) is 0 Å². The number of hydrogen-bond donors (Lipinski definition) is 2. The van der Waals surface area contributed by atoms with Crippen LogP contribution in [0.1, 0.15) is 58.3 Å². The lowest BCUT2D eigenvalue weighted by molar-refractivity contribution is 0.00135. The molecule has 2 rings (SSSR count). The Bertz CT molecular complexity index is 259. The van der Waals surface area contributed by atoms with Crippen molar-refractivity contribution in [1.29, 1.82) is 0 Å². The lowest BCUT2D eigenvalue weighted by Crippen LogP contribution is -2.44. The minimum Gasteiger partial charge on any atom is -0.388 e. The molecule has 1 saturated carbocycles. The molecule has 1 aliphatic heterocycles. The van der Waals surface area contributed by atoms with E-state index in [1.807, 2.05) is 0 Å². The summed E-state index contributed by atoms with van der Waals surface area (Å²) in [5.74, 6) is 0.432. The molecule has 3 unspecified atom stereocenters. The van der Waals surface area contributed by atoms with Gasteiger partial charge in [0.15, 0.2) is 0 Å². The summed E-state index contributed by atoms with van der Waals surface area (Å²) in [6.45, 7) is 5.15. The molecule has 0 amide bonds. The van der Waals surface area contributed by atoms with Crippen LogP contribution in [-0.2, 0) is 0 Å². The summed E-state index contributed by atoms with van der Waals surface area (Å²) in [5.41, 5.74) is 5.20. The van der Waals surface area contributed by atoms with E-state index >= 15 is 0 Å². The van der Waals surface area contributed by atoms with E-state index in [4.69, 9.17) is 5.73 Å². The van der Waals surface area contributed by atoms with E-state index < -0.39 is 5.60 Å². The van der Waals surface area contributed by atoms with Gasteiger partial charge in [-0.1, -0.05) is 19.8 Å². The Balaban J connectivity index is 1.83. The number of nitrogens with two attached hydrogens (primary N) is 1. The van der Waals surface area contributed by atoms with E-state index in [1.54, 1.807) is 0 Å². The van der Waals surface area contributed by atoms with Crippen molar-refractivity contribution >= 4 is 0 Å². The standard InChI is InChI=1S/C15H30N2O/c1-2-14-7-3-4-10-17(14)11-8-13-6-5-9-15(13,18)12-16/h13-14,18H,2-12,16H2,1H3. The molecule has 1 heterocycles. The van der Waals surface area contributed by atoms with Crippen molar-refractivity contribution in [3.05, 3.63) is 0 Å². The fourth-order valence-electron chi connectivity index (χ4n) is 3.95. The summed E-state index contributed by atoms with van der Waals surface area (Å²) >= 11 is 0. The van der Waals surface area contributed by atoms with Crippen LogP contribution in [0.15, 0.2) is 0 Å². The fraction of sp³-hybridized carbons (Fsp3) is 1.00. The molecule has 0 aromatic carbocycles. The van der Waals surface area contributed by atoms with Gasteiger partial charge in [-0.15, -0.1) is 0 Å². The third-order valence-corrected chi connectivity index (χ3v) is 5.26. The van der Waals surface area contributed by atoms with Gasteiger partial charge in [-0.05, 0) is 57.5 Å². The van der Waals surface area contributed by atoms with Crippen molar-refractivity contribution in [1.82, 2.24) is 4.90 Å². The van der Waals surface area contributed by atoms with Crippen molar-refractivity contribution in [3.8, 4) is 0 Å². The van der Waals surface area contributed by atoms with Gasteiger partial charge in [0.05, 0.1) is 5.60 Å². The Kier molecular flexibility index (Phi) is 5.05. The first-order valence-electron chi connectivity index (χ1n) is 7.86. The number of rotatable bonds is 5. The van der Waals surface area contributed by atoms with E-state index in [1.165, 1.54) is 38.6 Å². The second kappa shape index (κ2) is 6.36. The van der Waals surface area contributed by atoms with Crippen molar-refractivity contribution in [2.45, 2.75) is 69.9 Å². The first-order chi connectivity index (χ1) is 8.69. The van der Waals surface area contributed by atoms with Crippen LogP contribution in [0.25, 0.3) is 0 Å². The normalized spacial score (nSPS) is 38.2. The zero-order valence-electron chi connectivity index (χ0n) is 11.9. The Labute approximate surface area is 112 Å². The average Bonchev–Trinajstić information content (AvgIpc) is 2.79. The average molecular weight is 254 g/mol. The van der Waals surface area contributed by atoms with Gasteiger partial charge < -0.3 is 15.7 Å². The number of likely N-dealkylation sites (tertiary alicyclic amines) is 1. The molecule has 0 spiro atoms. The highest BCUT2D eigenvalue weighted by atomic mass is 16.3. The smallest absolute Gasteiger partial charge is 0.0797 e. The van der Waals surface area contributed by atoms with Gasteiger partial charge in [0.1, 0.15) is 0 Å². The van der Waals surface area contributed by atoms with Crippen LogP contribution in [0, 0.1) is 5.92 Å². The van der Waals surface area contributed by atoms with Crippen molar-refractivity contribution in [2.75, 3.05) is 19.6 Å². The van der Waals surface area contributed by atoms with Gasteiger partial charge >= 0.3 is 0 Å². The van der Waals surface area contributed by atoms with Crippen LogP contribution < -0.4 is 5.73 Å². The molecule has 3 N–H and O–H groups in total. The molecule has 1 saturated heterocycles. The van der Waals surface area contributed by atoms with Crippen molar-refractivity contribution in [3.63, 3.8) is 0 Å². The molecule has 0 aromatic rings. The predicted octanol–water partition coefficient (Wildman–Crippen LogP) is 2.13. The quantitative estimate of drug-likeness (QED) is 0.790. The zero-order chi connectivity index (χ0) is 13.0. The molecule has 1 aliphatic carbocycles. The molecule has 2 aliphatic rings. The second-order valence-electron chi connectivity index (χ2n) is 6.28. The second-order valence-corrected chi connectivity index (χ2v) is 6.28. The summed E-state index contributed by atoms with van der Waals surface area (Å²) in [4.78, 5) is 2.65. The highest BCUT2D eigenvalue weighted by Gasteiger charge is 2.39. The molecule has 3 atom stereocenters. The molecule has 0 radical (unpaired) electrons. The Hall–Kier alpha value is -0.120. The van der Waals surface area contributed by atoms with Gasteiger partial charge in [0.25, 0.3) is 0 Å².